The summed E-state index contributed by atoms with van der Waals surface area (Å²) in [6, 6.07) is 7.21. The molecule has 0 amide bonds. The fourth-order valence-corrected chi connectivity index (χ4v) is 1.17. The van der Waals surface area contributed by atoms with Gasteiger partial charge in [0.25, 0.3) is 0 Å². The van der Waals surface area contributed by atoms with Crippen LogP contribution < -0.4 is 10.1 Å². The Kier molecular flexibility index (Phi) is 4.79. The lowest BCUT2D eigenvalue weighted by molar-refractivity contribution is -0.139. The summed E-state index contributed by atoms with van der Waals surface area (Å²) in [5.41, 5.74) is 1.19. The molecular weight excluding hydrogens is 206 g/mol. The van der Waals surface area contributed by atoms with Crippen molar-refractivity contribution >= 4 is 5.97 Å². The first-order chi connectivity index (χ1) is 7.59. The lowest BCUT2D eigenvalue weighted by Gasteiger charge is -2.10. The van der Waals surface area contributed by atoms with Gasteiger partial charge in [0, 0.05) is 6.54 Å². The van der Waals surface area contributed by atoms with Gasteiger partial charge in [-0.3, -0.25) is 4.79 Å². The number of hydrogen-bond donors (Lipinski definition) is 2. The molecule has 0 heterocycles. The minimum absolute atomic E-state index is 0.459. The highest BCUT2D eigenvalue weighted by Gasteiger charge is 2.08. The van der Waals surface area contributed by atoms with Crippen molar-refractivity contribution in [3.05, 3.63) is 29.8 Å². The third-order valence-corrected chi connectivity index (χ3v) is 2.21. The van der Waals surface area contributed by atoms with Gasteiger partial charge in [0.1, 0.15) is 18.4 Å². The third kappa shape index (κ3) is 4.31. The molecule has 0 aliphatic carbocycles. The van der Waals surface area contributed by atoms with Crippen molar-refractivity contribution in [3.63, 3.8) is 0 Å². The van der Waals surface area contributed by atoms with Gasteiger partial charge in [0.15, 0.2) is 0 Å². The summed E-state index contributed by atoms with van der Waals surface area (Å²) in [7, 11) is 0. The summed E-state index contributed by atoms with van der Waals surface area (Å²) < 4.78 is 5.44. The Hall–Kier alpha value is -1.55. The quantitative estimate of drug-likeness (QED) is 0.716. The van der Waals surface area contributed by atoms with Gasteiger partial charge in [-0.2, -0.15) is 0 Å². The van der Waals surface area contributed by atoms with Gasteiger partial charge < -0.3 is 15.2 Å². The Morgan fingerprint density at radius 3 is 2.62 bits per heavy atom. The van der Waals surface area contributed by atoms with E-state index in [0.717, 1.165) is 5.75 Å². The maximum absolute atomic E-state index is 10.5. The molecule has 2 N–H and O–H groups in total. The first-order valence-corrected chi connectivity index (χ1v) is 5.25. The fourth-order valence-electron chi connectivity index (χ4n) is 1.17. The van der Waals surface area contributed by atoms with E-state index in [2.05, 4.69) is 5.32 Å². The number of ether oxygens (including phenoxy) is 1. The first kappa shape index (κ1) is 12.5. The lowest BCUT2D eigenvalue weighted by Crippen LogP contribution is -2.36. The van der Waals surface area contributed by atoms with Gasteiger partial charge in [0.05, 0.1) is 0 Å². The Balaban J connectivity index is 2.21. The molecule has 1 unspecified atom stereocenters. The van der Waals surface area contributed by atoms with Crippen LogP contribution in [0.2, 0.25) is 0 Å². The standard InChI is InChI=1S/C12H17NO3/c1-9-3-5-11(6-4-9)16-8-7-13-10(2)12(14)15/h3-6,10,13H,7-8H2,1-2H3,(H,14,15). The topological polar surface area (TPSA) is 58.6 Å². The van der Waals surface area contributed by atoms with E-state index in [1.165, 1.54) is 5.56 Å². The van der Waals surface area contributed by atoms with Crippen LogP contribution in [0.1, 0.15) is 12.5 Å². The highest BCUT2D eigenvalue weighted by Crippen LogP contribution is 2.10. The lowest BCUT2D eigenvalue weighted by atomic mass is 10.2. The molecule has 4 nitrogen and oxygen atoms in total. The summed E-state index contributed by atoms with van der Waals surface area (Å²) in [5, 5.41) is 11.5. The van der Waals surface area contributed by atoms with E-state index in [9.17, 15) is 4.79 Å². The molecule has 1 aromatic rings. The molecule has 16 heavy (non-hydrogen) atoms. The molecule has 0 saturated heterocycles. The van der Waals surface area contributed by atoms with Crippen molar-refractivity contribution in [1.29, 1.82) is 0 Å². The monoisotopic (exact) mass is 223 g/mol. The third-order valence-electron chi connectivity index (χ3n) is 2.21. The minimum atomic E-state index is -0.852. The van der Waals surface area contributed by atoms with Crippen LogP contribution in [0.25, 0.3) is 0 Å². The molecule has 1 rings (SSSR count). The number of carboxylic acid groups (broad SMARTS) is 1. The van der Waals surface area contributed by atoms with Gasteiger partial charge in [-0.05, 0) is 26.0 Å². The average molecular weight is 223 g/mol. The smallest absolute Gasteiger partial charge is 0.320 e. The van der Waals surface area contributed by atoms with Crippen molar-refractivity contribution < 1.29 is 14.6 Å². The molecule has 0 aliphatic heterocycles. The first-order valence-electron chi connectivity index (χ1n) is 5.25. The molecule has 0 bridgehead atoms. The average Bonchev–Trinajstić information content (AvgIpc) is 2.26. The Morgan fingerprint density at radius 1 is 1.44 bits per heavy atom. The number of aryl methyl sites for hydroxylation is 1. The van der Waals surface area contributed by atoms with Gasteiger partial charge >= 0.3 is 5.97 Å². The van der Waals surface area contributed by atoms with Gasteiger partial charge in [-0.1, -0.05) is 17.7 Å². The Labute approximate surface area is 95.2 Å². The number of carboxylic acids is 1. The molecule has 0 spiro atoms. The van der Waals surface area contributed by atoms with Crippen molar-refractivity contribution in [1.82, 2.24) is 5.32 Å². The summed E-state index contributed by atoms with van der Waals surface area (Å²) in [4.78, 5) is 10.5. The SMILES string of the molecule is Cc1ccc(OCCNC(C)C(=O)O)cc1. The van der Waals surface area contributed by atoms with E-state index >= 15 is 0 Å². The second-order valence-corrected chi connectivity index (χ2v) is 3.68. The van der Waals surface area contributed by atoms with E-state index in [1.807, 2.05) is 31.2 Å². The van der Waals surface area contributed by atoms with Crippen molar-refractivity contribution in [2.75, 3.05) is 13.2 Å². The van der Waals surface area contributed by atoms with Crippen LogP contribution in [0, 0.1) is 6.92 Å². The van der Waals surface area contributed by atoms with Crippen LogP contribution in [0.5, 0.6) is 5.75 Å². The van der Waals surface area contributed by atoms with Crippen LogP contribution in [0.4, 0.5) is 0 Å². The largest absolute Gasteiger partial charge is 0.492 e. The number of nitrogens with one attached hydrogen (secondary N) is 1. The van der Waals surface area contributed by atoms with Crippen molar-refractivity contribution in [2.24, 2.45) is 0 Å². The maximum atomic E-state index is 10.5. The predicted octanol–water partition coefficient (Wildman–Crippen LogP) is 1.44. The normalized spacial score (nSPS) is 12.1. The van der Waals surface area contributed by atoms with Gasteiger partial charge in [0.2, 0.25) is 0 Å². The predicted molar refractivity (Wildman–Crippen MR) is 61.8 cm³/mol. The molecule has 0 radical (unpaired) electrons. The van der Waals surface area contributed by atoms with Crippen LogP contribution in [-0.4, -0.2) is 30.3 Å². The number of aliphatic carboxylic acids is 1. The highest BCUT2D eigenvalue weighted by molar-refractivity contribution is 5.72. The number of benzene rings is 1. The second kappa shape index (κ2) is 6.12. The van der Waals surface area contributed by atoms with E-state index in [-0.39, 0.29) is 0 Å². The molecular formula is C12H17NO3. The molecule has 0 fully saturated rings. The van der Waals surface area contributed by atoms with Gasteiger partial charge in [-0.25, -0.2) is 0 Å². The molecule has 88 valence electrons. The molecule has 0 saturated carbocycles. The van der Waals surface area contributed by atoms with E-state index in [0.29, 0.717) is 13.2 Å². The maximum Gasteiger partial charge on any atom is 0.320 e. The Bertz CT molecular complexity index is 335. The highest BCUT2D eigenvalue weighted by atomic mass is 16.5. The molecule has 1 aromatic carbocycles. The summed E-state index contributed by atoms with van der Waals surface area (Å²) in [6.07, 6.45) is 0. The summed E-state index contributed by atoms with van der Waals surface area (Å²) >= 11 is 0. The van der Waals surface area contributed by atoms with Crippen LogP contribution in [0.15, 0.2) is 24.3 Å². The number of carbonyl (C=O) groups is 1. The summed E-state index contributed by atoms with van der Waals surface area (Å²) in [5.74, 6) is -0.0503. The fraction of sp³-hybridized carbons (Fsp3) is 0.417. The van der Waals surface area contributed by atoms with E-state index in [4.69, 9.17) is 9.84 Å². The second-order valence-electron chi connectivity index (χ2n) is 3.68. The van der Waals surface area contributed by atoms with E-state index < -0.39 is 12.0 Å². The van der Waals surface area contributed by atoms with Crippen LogP contribution in [-0.2, 0) is 4.79 Å². The zero-order valence-electron chi connectivity index (χ0n) is 9.56. The van der Waals surface area contributed by atoms with Crippen molar-refractivity contribution in [3.8, 4) is 5.75 Å². The number of rotatable bonds is 6. The van der Waals surface area contributed by atoms with Gasteiger partial charge in [-0.15, -0.1) is 0 Å². The molecule has 0 aromatic heterocycles. The van der Waals surface area contributed by atoms with E-state index in [1.54, 1.807) is 6.92 Å². The Morgan fingerprint density at radius 2 is 2.06 bits per heavy atom. The number of hydrogen-bond acceptors (Lipinski definition) is 3. The summed E-state index contributed by atoms with van der Waals surface area (Å²) in [6.45, 7) is 4.59. The molecule has 1 atom stereocenters. The molecule has 4 heteroatoms. The zero-order valence-corrected chi connectivity index (χ0v) is 9.56. The minimum Gasteiger partial charge on any atom is -0.492 e. The molecule has 0 aliphatic rings. The van der Waals surface area contributed by atoms with Crippen molar-refractivity contribution in [2.45, 2.75) is 19.9 Å². The van der Waals surface area contributed by atoms with Crippen LogP contribution in [0.3, 0.4) is 0 Å². The zero-order chi connectivity index (χ0) is 12.0. The van der Waals surface area contributed by atoms with Crippen LogP contribution >= 0.6 is 0 Å².